The molecule has 6 rings (SSSR count). The van der Waals surface area contributed by atoms with Crippen molar-refractivity contribution < 1.29 is 14.0 Å². The van der Waals surface area contributed by atoms with Gasteiger partial charge in [0, 0.05) is 35.1 Å². The van der Waals surface area contributed by atoms with Crippen molar-refractivity contribution in [3.05, 3.63) is 96.6 Å². The third-order valence-electron chi connectivity index (χ3n) is 7.34. The van der Waals surface area contributed by atoms with Crippen LogP contribution in [0.15, 0.2) is 95.9 Å². The van der Waals surface area contributed by atoms with Crippen LogP contribution in [0.4, 0.5) is 5.69 Å². The number of carbonyl (C=O) groups excluding carboxylic acids is 1. The number of anilines is 1. The minimum absolute atomic E-state index is 0.000473. The average molecular weight is 474 g/mol. The number of nitrogens with one attached hydrogen (secondary N) is 1. The molecule has 5 heteroatoms. The number of benzene rings is 3. The summed E-state index contributed by atoms with van der Waals surface area (Å²) in [6, 6.07) is 29.9. The van der Waals surface area contributed by atoms with Crippen molar-refractivity contribution in [3.8, 4) is 0 Å². The molecule has 3 saturated heterocycles. The predicted molar refractivity (Wildman–Crippen MR) is 139 cm³/mol. The maximum absolute atomic E-state index is 13.5. The molecule has 0 saturated carbocycles. The van der Waals surface area contributed by atoms with Gasteiger partial charge >= 0.3 is 5.97 Å². The molecule has 4 nitrogen and oxygen atoms in total. The predicted octanol–water partition coefficient (Wildman–Crippen LogP) is 5.78. The molecule has 1 N–H and O–H groups in total. The summed E-state index contributed by atoms with van der Waals surface area (Å²) in [5.74, 6) is 1.40. The van der Waals surface area contributed by atoms with Crippen LogP contribution >= 0.6 is 11.8 Å². The van der Waals surface area contributed by atoms with Gasteiger partial charge in [-0.2, -0.15) is 0 Å². The van der Waals surface area contributed by atoms with E-state index in [-0.39, 0.29) is 12.1 Å². The average Bonchev–Trinajstić information content (AvgIpc) is 2.89. The van der Waals surface area contributed by atoms with E-state index >= 15 is 0 Å². The molecule has 3 aromatic rings. The first-order valence-corrected chi connectivity index (χ1v) is 13.3. The molecule has 2 atom stereocenters. The number of hydrogen-bond donors (Lipinski definition) is 1. The molecule has 0 aromatic heterocycles. The van der Waals surface area contributed by atoms with Gasteiger partial charge < -0.3 is 14.5 Å². The largest absolute Gasteiger partial charge is 0.454 e. The number of hydrogen-bond acceptors (Lipinski definition) is 4. The molecule has 3 heterocycles. The topological polar surface area (TPSA) is 38.3 Å². The third-order valence-corrected chi connectivity index (χ3v) is 8.33. The second-order valence-corrected chi connectivity index (χ2v) is 10.7. The number of thioether (sulfide) groups is 1. The summed E-state index contributed by atoms with van der Waals surface area (Å²) in [5, 5.41) is 3.41. The lowest BCUT2D eigenvalue weighted by molar-refractivity contribution is -0.943. The van der Waals surface area contributed by atoms with Gasteiger partial charge in [-0.25, -0.2) is 4.79 Å². The zero-order valence-electron chi connectivity index (χ0n) is 19.5. The Morgan fingerprint density at radius 3 is 2.21 bits per heavy atom. The summed E-state index contributed by atoms with van der Waals surface area (Å²) in [5.41, 5.74) is 1.85. The normalized spacial score (nSPS) is 24.4. The first-order valence-electron chi connectivity index (χ1n) is 12.3. The van der Waals surface area contributed by atoms with Crippen molar-refractivity contribution in [1.29, 1.82) is 0 Å². The van der Waals surface area contributed by atoms with E-state index in [1.54, 1.807) is 0 Å². The Balaban J connectivity index is 1.25. The Bertz CT molecular complexity index is 1050. The fraction of sp³-hybridized carbons (Fsp3) is 0.345. The SMILES string of the molecule is O=C(O[C@H]1C[N+]2(CCSc3ccccc3)CCC1CC2)[C@H](Nc1ccccc1)c1ccccc1. The van der Waals surface area contributed by atoms with Gasteiger partial charge in [-0.3, -0.25) is 0 Å². The Morgan fingerprint density at radius 2 is 1.53 bits per heavy atom. The minimum atomic E-state index is -0.513. The van der Waals surface area contributed by atoms with Crippen molar-refractivity contribution in [1.82, 2.24) is 0 Å². The number of quaternary nitrogens is 1. The summed E-state index contributed by atoms with van der Waals surface area (Å²) < 4.78 is 7.36. The van der Waals surface area contributed by atoms with Crippen LogP contribution < -0.4 is 5.32 Å². The number of fused-ring (bicyclic) bond motifs is 3. The zero-order valence-corrected chi connectivity index (χ0v) is 20.3. The van der Waals surface area contributed by atoms with Gasteiger partial charge in [0.05, 0.1) is 19.6 Å². The molecular weight excluding hydrogens is 440 g/mol. The van der Waals surface area contributed by atoms with Crippen molar-refractivity contribution in [3.63, 3.8) is 0 Å². The number of esters is 1. The van der Waals surface area contributed by atoms with E-state index in [9.17, 15) is 4.79 Å². The van der Waals surface area contributed by atoms with Crippen LogP contribution in [0.3, 0.4) is 0 Å². The standard InChI is InChI=1S/C29H33N2O2S/c32-29(28(24-10-4-1-5-11-24)30-25-12-6-2-7-13-25)33-27-22-31(18-16-23(27)17-19-31)20-21-34-26-14-8-3-9-15-26/h1-15,23,27-28,30H,16-22H2/q+1/t23?,27-,28+,31?/m0/s1. The van der Waals surface area contributed by atoms with Crippen LogP contribution in [0.25, 0.3) is 0 Å². The van der Waals surface area contributed by atoms with E-state index in [1.807, 2.05) is 72.4 Å². The molecule has 0 spiro atoms. The molecule has 3 aliphatic rings. The molecule has 176 valence electrons. The summed E-state index contributed by atoms with van der Waals surface area (Å²) in [4.78, 5) is 14.8. The lowest BCUT2D eigenvalue weighted by Gasteiger charge is -2.52. The molecule has 0 unspecified atom stereocenters. The fourth-order valence-electron chi connectivity index (χ4n) is 5.39. The van der Waals surface area contributed by atoms with Gasteiger partial charge in [-0.1, -0.05) is 66.7 Å². The highest BCUT2D eigenvalue weighted by molar-refractivity contribution is 7.99. The maximum Gasteiger partial charge on any atom is 0.333 e. The van der Waals surface area contributed by atoms with Gasteiger partial charge in [0.25, 0.3) is 0 Å². The van der Waals surface area contributed by atoms with Crippen molar-refractivity contribution in [2.75, 3.05) is 37.2 Å². The summed E-state index contributed by atoms with van der Waals surface area (Å²) in [7, 11) is 0. The van der Waals surface area contributed by atoms with Crippen LogP contribution in [0.1, 0.15) is 24.4 Å². The third kappa shape index (κ3) is 5.48. The molecule has 0 radical (unpaired) electrons. The molecule has 3 aliphatic heterocycles. The second kappa shape index (κ2) is 10.7. The first-order chi connectivity index (χ1) is 16.7. The van der Waals surface area contributed by atoms with Crippen LogP contribution in [-0.2, 0) is 9.53 Å². The fourth-order valence-corrected chi connectivity index (χ4v) is 6.45. The minimum Gasteiger partial charge on any atom is -0.454 e. The van der Waals surface area contributed by atoms with E-state index in [0.717, 1.165) is 47.4 Å². The molecule has 2 bridgehead atoms. The Morgan fingerprint density at radius 1 is 0.912 bits per heavy atom. The lowest BCUT2D eigenvalue weighted by Crippen LogP contribution is -2.65. The molecule has 3 aromatic carbocycles. The Kier molecular flexibility index (Phi) is 7.21. The van der Waals surface area contributed by atoms with Crippen LogP contribution in [-0.4, -0.2) is 48.5 Å². The molecular formula is C29H33N2O2S+. The maximum atomic E-state index is 13.5. The number of carbonyl (C=O) groups is 1. The van der Waals surface area contributed by atoms with Crippen molar-refractivity contribution in [2.24, 2.45) is 5.92 Å². The van der Waals surface area contributed by atoms with Crippen LogP contribution in [0.5, 0.6) is 0 Å². The Labute approximate surface area is 206 Å². The van der Waals surface area contributed by atoms with E-state index in [1.165, 1.54) is 18.0 Å². The second-order valence-electron chi connectivity index (χ2n) is 9.52. The van der Waals surface area contributed by atoms with E-state index < -0.39 is 6.04 Å². The van der Waals surface area contributed by atoms with Gasteiger partial charge in [-0.05, 0) is 29.8 Å². The quantitative estimate of drug-likeness (QED) is 0.243. The number of nitrogens with zero attached hydrogens (tertiary/aromatic N) is 1. The van der Waals surface area contributed by atoms with E-state index in [2.05, 4.69) is 35.6 Å². The summed E-state index contributed by atoms with van der Waals surface area (Å²) >= 11 is 1.93. The van der Waals surface area contributed by atoms with Crippen molar-refractivity contribution >= 4 is 23.4 Å². The molecule has 0 aliphatic carbocycles. The van der Waals surface area contributed by atoms with Gasteiger partial charge in [0.1, 0.15) is 6.54 Å². The lowest BCUT2D eigenvalue weighted by atomic mass is 9.83. The molecule has 0 amide bonds. The van der Waals surface area contributed by atoms with Crippen molar-refractivity contribution in [2.45, 2.75) is 29.9 Å². The summed E-state index contributed by atoms with van der Waals surface area (Å²) in [6.45, 7) is 4.49. The van der Waals surface area contributed by atoms with E-state index in [4.69, 9.17) is 4.74 Å². The monoisotopic (exact) mass is 473 g/mol. The van der Waals surface area contributed by atoms with Crippen LogP contribution in [0.2, 0.25) is 0 Å². The number of para-hydroxylation sites is 1. The zero-order chi connectivity index (χ0) is 23.2. The smallest absolute Gasteiger partial charge is 0.333 e. The Hall–Kier alpha value is -2.76. The van der Waals surface area contributed by atoms with Gasteiger partial charge in [-0.15, -0.1) is 11.8 Å². The molecule has 34 heavy (non-hydrogen) atoms. The number of ether oxygens (including phenoxy) is 1. The highest BCUT2D eigenvalue weighted by Gasteiger charge is 2.47. The highest BCUT2D eigenvalue weighted by Crippen LogP contribution is 2.37. The number of piperidine rings is 3. The highest BCUT2D eigenvalue weighted by atomic mass is 32.2. The van der Waals surface area contributed by atoms with Gasteiger partial charge in [0.2, 0.25) is 0 Å². The van der Waals surface area contributed by atoms with E-state index in [0.29, 0.717) is 5.92 Å². The van der Waals surface area contributed by atoms with Crippen LogP contribution in [0, 0.1) is 5.92 Å². The number of rotatable bonds is 9. The van der Waals surface area contributed by atoms with Gasteiger partial charge in [0.15, 0.2) is 12.1 Å². The molecule has 3 fully saturated rings. The summed E-state index contributed by atoms with van der Waals surface area (Å²) in [6.07, 6.45) is 2.30. The first kappa shape index (κ1) is 23.0.